The zero-order valence-electron chi connectivity index (χ0n) is 8.82. The number of ketones is 2. The highest BCUT2D eigenvalue weighted by Gasteiger charge is 2.12. The first kappa shape index (κ1) is 13.8. The van der Waals surface area contributed by atoms with Crippen LogP contribution in [0.3, 0.4) is 0 Å². The van der Waals surface area contributed by atoms with E-state index in [4.69, 9.17) is 9.84 Å². The van der Waals surface area contributed by atoms with Crippen LogP contribution < -0.4 is 0 Å². The summed E-state index contributed by atoms with van der Waals surface area (Å²) in [5.74, 6) is -2.15. The highest BCUT2D eigenvalue weighted by Crippen LogP contribution is 1.94. The Hall–Kier alpha value is -1.23. The Kier molecular flexibility index (Phi) is 7.44. The summed E-state index contributed by atoms with van der Waals surface area (Å²) in [7, 11) is 0. The largest absolute Gasteiger partial charge is 0.481 e. The fourth-order valence-electron chi connectivity index (χ4n) is 0.935. The van der Waals surface area contributed by atoms with Gasteiger partial charge in [0.1, 0.15) is 13.0 Å². The molecular formula is C10H16O5. The van der Waals surface area contributed by atoms with Crippen LogP contribution in [0, 0.1) is 0 Å². The van der Waals surface area contributed by atoms with Crippen molar-refractivity contribution in [2.24, 2.45) is 0 Å². The minimum absolute atomic E-state index is 0.106. The molecule has 0 aromatic rings. The molecule has 15 heavy (non-hydrogen) atoms. The van der Waals surface area contributed by atoms with Crippen LogP contribution in [-0.4, -0.2) is 35.9 Å². The number of Topliss-reactive ketones (excluding diaryl/α,β-unsaturated/α-hetero) is 2. The van der Waals surface area contributed by atoms with Gasteiger partial charge < -0.3 is 9.84 Å². The van der Waals surface area contributed by atoms with E-state index in [0.717, 1.165) is 12.8 Å². The van der Waals surface area contributed by atoms with E-state index in [9.17, 15) is 14.4 Å². The van der Waals surface area contributed by atoms with Gasteiger partial charge in [0, 0.05) is 6.61 Å². The summed E-state index contributed by atoms with van der Waals surface area (Å²) in [4.78, 5) is 32.1. The van der Waals surface area contributed by atoms with Crippen molar-refractivity contribution in [3.05, 3.63) is 0 Å². The van der Waals surface area contributed by atoms with Crippen LogP contribution in [0.5, 0.6) is 0 Å². The summed E-state index contributed by atoms with van der Waals surface area (Å²) in [6.45, 7) is 2.39. The van der Waals surface area contributed by atoms with Gasteiger partial charge in [-0.1, -0.05) is 13.3 Å². The van der Waals surface area contributed by atoms with Gasteiger partial charge in [0.05, 0.1) is 6.42 Å². The van der Waals surface area contributed by atoms with Crippen molar-refractivity contribution in [2.45, 2.75) is 32.6 Å². The van der Waals surface area contributed by atoms with Gasteiger partial charge in [-0.25, -0.2) is 0 Å². The van der Waals surface area contributed by atoms with Crippen LogP contribution in [0.2, 0.25) is 0 Å². The normalized spacial score (nSPS) is 9.93. The van der Waals surface area contributed by atoms with Gasteiger partial charge >= 0.3 is 5.97 Å². The summed E-state index contributed by atoms with van der Waals surface area (Å²) >= 11 is 0. The molecule has 0 bridgehead atoms. The number of rotatable bonds is 9. The SMILES string of the molecule is CCCCOCC(=O)CC(=O)CC(=O)O. The van der Waals surface area contributed by atoms with Gasteiger partial charge in [-0.05, 0) is 6.42 Å². The molecule has 0 radical (unpaired) electrons. The summed E-state index contributed by atoms with van der Waals surface area (Å²) in [6.07, 6.45) is 0.904. The molecule has 0 spiro atoms. The third kappa shape index (κ3) is 9.08. The van der Waals surface area contributed by atoms with Gasteiger partial charge in [-0.3, -0.25) is 14.4 Å². The minimum atomic E-state index is -1.21. The molecule has 0 saturated carbocycles. The Labute approximate surface area is 88.4 Å². The summed E-state index contributed by atoms with van der Waals surface area (Å²) in [5, 5.41) is 8.28. The first-order valence-electron chi connectivity index (χ1n) is 4.89. The standard InChI is InChI=1S/C10H16O5/c1-2-3-4-15-7-9(12)5-8(11)6-10(13)14/h2-7H2,1H3,(H,13,14). The number of ether oxygens (including phenoxy) is 1. The fraction of sp³-hybridized carbons (Fsp3) is 0.700. The highest BCUT2D eigenvalue weighted by molar-refractivity contribution is 6.05. The number of carbonyl (C=O) groups excluding carboxylic acids is 2. The molecule has 0 heterocycles. The predicted molar refractivity (Wildman–Crippen MR) is 52.6 cm³/mol. The van der Waals surface area contributed by atoms with Crippen LogP contribution in [0.4, 0.5) is 0 Å². The van der Waals surface area contributed by atoms with Crippen molar-refractivity contribution >= 4 is 17.5 Å². The van der Waals surface area contributed by atoms with Crippen LogP contribution >= 0.6 is 0 Å². The molecule has 0 atom stereocenters. The average Bonchev–Trinajstić information content (AvgIpc) is 2.10. The number of unbranched alkanes of at least 4 members (excludes halogenated alkanes) is 1. The Morgan fingerprint density at radius 3 is 2.33 bits per heavy atom. The van der Waals surface area contributed by atoms with E-state index in [-0.39, 0.29) is 18.8 Å². The quantitative estimate of drug-likeness (QED) is 0.455. The zero-order valence-corrected chi connectivity index (χ0v) is 8.82. The number of carboxylic acids is 1. The van der Waals surface area contributed by atoms with E-state index >= 15 is 0 Å². The Balaban J connectivity index is 3.56. The molecule has 0 fully saturated rings. The number of hydrogen-bond acceptors (Lipinski definition) is 4. The van der Waals surface area contributed by atoms with Gasteiger partial charge in [-0.15, -0.1) is 0 Å². The Morgan fingerprint density at radius 1 is 1.13 bits per heavy atom. The van der Waals surface area contributed by atoms with Gasteiger partial charge in [0.2, 0.25) is 0 Å². The lowest BCUT2D eigenvalue weighted by Crippen LogP contribution is -2.16. The summed E-state index contributed by atoms with van der Waals surface area (Å²) in [6, 6.07) is 0. The molecule has 0 aliphatic heterocycles. The van der Waals surface area contributed by atoms with Gasteiger partial charge in [-0.2, -0.15) is 0 Å². The van der Waals surface area contributed by atoms with Crippen LogP contribution in [0.1, 0.15) is 32.6 Å². The maximum Gasteiger partial charge on any atom is 0.310 e. The smallest absolute Gasteiger partial charge is 0.310 e. The first-order valence-corrected chi connectivity index (χ1v) is 4.89. The van der Waals surface area contributed by atoms with Crippen molar-refractivity contribution in [3.63, 3.8) is 0 Å². The fourth-order valence-corrected chi connectivity index (χ4v) is 0.935. The molecule has 0 amide bonds. The Morgan fingerprint density at radius 2 is 1.80 bits per heavy atom. The van der Waals surface area contributed by atoms with Crippen molar-refractivity contribution in [1.29, 1.82) is 0 Å². The van der Waals surface area contributed by atoms with Crippen LogP contribution in [0.25, 0.3) is 0 Å². The number of hydrogen-bond donors (Lipinski definition) is 1. The zero-order chi connectivity index (χ0) is 11.7. The van der Waals surface area contributed by atoms with E-state index in [1.165, 1.54) is 0 Å². The number of carbonyl (C=O) groups is 3. The summed E-state index contributed by atoms with van der Waals surface area (Å²) in [5.41, 5.74) is 0. The minimum Gasteiger partial charge on any atom is -0.481 e. The summed E-state index contributed by atoms with van der Waals surface area (Å²) < 4.78 is 4.99. The van der Waals surface area contributed by atoms with Gasteiger partial charge in [0.25, 0.3) is 0 Å². The van der Waals surface area contributed by atoms with E-state index in [1.807, 2.05) is 6.92 Å². The second-order valence-corrected chi connectivity index (χ2v) is 3.23. The van der Waals surface area contributed by atoms with Crippen LogP contribution in [0.15, 0.2) is 0 Å². The lowest BCUT2D eigenvalue weighted by molar-refractivity contribution is -0.140. The molecule has 86 valence electrons. The maximum absolute atomic E-state index is 11.1. The molecule has 5 nitrogen and oxygen atoms in total. The predicted octanol–water partition coefficient (Wildman–Crippen LogP) is 0.806. The van der Waals surface area contributed by atoms with E-state index < -0.39 is 18.2 Å². The molecule has 0 rings (SSSR count). The molecule has 0 aliphatic rings. The maximum atomic E-state index is 11.1. The second-order valence-electron chi connectivity index (χ2n) is 3.23. The number of aliphatic carboxylic acids is 1. The lowest BCUT2D eigenvalue weighted by Gasteiger charge is -2.01. The van der Waals surface area contributed by atoms with E-state index in [0.29, 0.717) is 6.61 Å². The third-order valence-electron chi connectivity index (χ3n) is 1.65. The highest BCUT2D eigenvalue weighted by atomic mass is 16.5. The third-order valence-corrected chi connectivity index (χ3v) is 1.65. The van der Waals surface area contributed by atoms with E-state index in [2.05, 4.69) is 0 Å². The number of carboxylic acid groups (broad SMARTS) is 1. The molecular weight excluding hydrogens is 200 g/mol. The van der Waals surface area contributed by atoms with Crippen molar-refractivity contribution in [2.75, 3.05) is 13.2 Å². The Bertz CT molecular complexity index is 234. The lowest BCUT2D eigenvalue weighted by atomic mass is 10.1. The topological polar surface area (TPSA) is 80.7 Å². The van der Waals surface area contributed by atoms with Crippen LogP contribution in [-0.2, 0) is 19.1 Å². The monoisotopic (exact) mass is 216 g/mol. The second kappa shape index (κ2) is 8.11. The van der Waals surface area contributed by atoms with Gasteiger partial charge in [0.15, 0.2) is 11.6 Å². The van der Waals surface area contributed by atoms with Crippen molar-refractivity contribution in [1.82, 2.24) is 0 Å². The average molecular weight is 216 g/mol. The molecule has 1 N–H and O–H groups in total. The van der Waals surface area contributed by atoms with E-state index in [1.54, 1.807) is 0 Å². The molecule has 0 unspecified atom stereocenters. The molecule has 0 aliphatic carbocycles. The molecule has 0 saturated heterocycles. The first-order chi connectivity index (χ1) is 7.06. The molecule has 0 aromatic heterocycles. The molecule has 5 heteroatoms. The van der Waals surface area contributed by atoms with Crippen molar-refractivity contribution < 1.29 is 24.2 Å². The molecule has 0 aromatic carbocycles. The van der Waals surface area contributed by atoms with Crippen molar-refractivity contribution in [3.8, 4) is 0 Å².